The number of para-hydroxylation sites is 1. The van der Waals surface area contributed by atoms with E-state index in [4.69, 9.17) is 23.2 Å². The summed E-state index contributed by atoms with van der Waals surface area (Å²) in [6.45, 7) is 6.44. The largest absolute Gasteiger partial charge is 0.322 e. The van der Waals surface area contributed by atoms with Crippen LogP contribution in [0.2, 0.25) is 10.0 Å². The van der Waals surface area contributed by atoms with Crippen molar-refractivity contribution in [2.24, 2.45) is 5.41 Å². The number of halogens is 2. The van der Waals surface area contributed by atoms with Crippen LogP contribution in [-0.2, 0) is 12.8 Å². The predicted octanol–water partition coefficient (Wildman–Crippen LogP) is 7.37. The summed E-state index contributed by atoms with van der Waals surface area (Å²) in [6, 6.07) is 21.4. The second kappa shape index (κ2) is 9.02. The first kappa shape index (κ1) is 21.4. The second-order valence-corrected chi connectivity index (χ2v) is 9.05. The van der Waals surface area contributed by atoms with Crippen molar-refractivity contribution in [1.29, 1.82) is 0 Å². The molecule has 0 aromatic heterocycles. The quantitative estimate of drug-likeness (QED) is 0.438. The van der Waals surface area contributed by atoms with E-state index in [2.05, 4.69) is 19.2 Å². The Morgan fingerprint density at radius 3 is 2.14 bits per heavy atom. The lowest BCUT2D eigenvalue weighted by molar-refractivity contribution is 0.102. The van der Waals surface area contributed by atoms with E-state index in [0.717, 1.165) is 24.1 Å². The third-order valence-electron chi connectivity index (χ3n) is 4.96. The molecule has 0 bridgehead atoms. The standard InChI is InChI=1S/C25H25Cl2NO/c1-17-6-4-5-7-23(17)28-24(29)20-11-8-18(9-12-20)15-25(2,3)16-19-10-13-21(26)22(27)14-19/h4-14H,15-16H2,1-3H3,(H,28,29). The van der Waals surface area contributed by atoms with Gasteiger partial charge in [-0.25, -0.2) is 0 Å². The zero-order chi connectivity index (χ0) is 21.0. The molecule has 29 heavy (non-hydrogen) atoms. The maximum atomic E-state index is 12.5. The van der Waals surface area contributed by atoms with Crippen LogP contribution in [0.25, 0.3) is 0 Å². The van der Waals surface area contributed by atoms with Crippen LogP contribution in [0.1, 0.15) is 40.9 Å². The van der Waals surface area contributed by atoms with Crippen molar-refractivity contribution in [2.75, 3.05) is 5.32 Å². The molecule has 0 unspecified atom stereocenters. The minimum atomic E-state index is -0.0964. The van der Waals surface area contributed by atoms with Gasteiger partial charge in [-0.05, 0) is 72.2 Å². The molecule has 0 saturated heterocycles. The summed E-state index contributed by atoms with van der Waals surface area (Å²) in [7, 11) is 0. The Balaban J connectivity index is 1.65. The van der Waals surface area contributed by atoms with Crippen molar-refractivity contribution in [2.45, 2.75) is 33.6 Å². The van der Waals surface area contributed by atoms with E-state index in [-0.39, 0.29) is 11.3 Å². The van der Waals surface area contributed by atoms with Crippen molar-refractivity contribution < 1.29 is 4.79 Å². The third-order valence-corrected chi connectivity index (χ3v) is 5.70. The summed E-state index contributed by atoms with van der Waals surface area (Å²) in [5, 5.41) is 4.14. The van der Waals surface area contributed by atoms with Crippen molar-refractivity contribution in [3.8, 4) is 0 Å². The van der Waals surface area contributed by atoms with Crippen LogP contribution in [0.15, 0.2) is 66.7 Å². The van der Waals surface area contributed by atoms with Crippen LogP contribution < -0.4 is 5.32 Å². The Hall–Kier alpha value is -2.29. The van der Waals surface area contributed by atoms with Crippen molar-refractivity contribution >= 4 is 34.8 Å². The van der Waals surface area contributed by atoms with E-state index in [1.165, 1.54) is 11.1 Å². The van der Waals surface area contributed by atoms with Gasteiger partial charge in [-0.15, -0.1) is 0 Å². The first-order valence-electron chi connectivity index (χ1n) is 9.63. The predicted molar refractivity (Wildman–Crippen MR) is 123 cm³/mol. The van der Waals surface area contributed by atoms with E-state index in [9.17, 15) is 4.79 Å². The zero-order valence-electron chi connectivity index (χ0n) is 16.9. The van der Waals surface area contributed by atoms with Gasteiger partial charge in [0.25, 0.3) is 5.91 Å². The number of carbonyl (C=O) groups is 1. The Labute approximate surface area is 182 Å². The number of hydrogen-bond acceptors (Lipinski definition) is 1. The highest BCUT2D eigenvalue weighted by Gasteiger charge is 2.20. The number of rotatable bonds is 6. The molecule has 3 aromatic rings. The van der Waals surface area contributed by atoms with Crippen LogP contribution in [0.5, 0.6) is 0 Å². The number of nitrogens with one attached hydrogen (secondary N) is 1. The van der Waals surface area contributed by atoms with Crippen LogP contribution in [-0.4, -0.2) is 5.91 Å². The third kappa shape index (κ3) is 5.85. The normalized spacial score (nSPS) is 11.3. The maximum Gasteiger partial charge on any atom is 0.255 e. The molecule has 0 heterocycles. The molecule has 0 aliphatic carbocycles. The van der Waals surface area contributed by atoms with Gasteiger partial charge in [-0.1, -0.05) is 73.4 Å². The molecule has 3 rings (SSSR count). The highest BCUT2D eigenvalue weighted by molar-refractivity contribution is 6.42. The van der Waals surface area contributed by atoms with E-state index in [0.29, 0.717) is 15.6 Å². The average molecular weight is 426 g/mol. The number of hydrogen-bond donors (Lipinski definition) is 1. The molecule has 0 saturated carbocycles. The Morgan fingerprint density at radius 2 is 1.48 bits per heavy atom. The first-order chi connectivity index (χ1) is 13.7. The molecule has 0 aliphatic rings. The van der Waals surface area contributed by atoms with Gasteiger partial charge in [0.15, 0.2) is 0 Å². The number of anilines is 1. The number of benzene rings is 3. The summed E-state index contributed by atoms with van der Waals surface area (Å²) in [4.78, 5) is 12.5. The molecule has 3 aromatic carbocycles. The summed E-state index contributed by atoms with van der Waals surface area (Å²) >= 11 is 12.2. The molecule has 0 radical (unpaired) electrons. The van der Waals surface area contributed by atoms with Crippen molar-refractivity contribution in [3.05, 3.63) is 99.0 Å². The molecule has 1 N–H and O–H groups in total. The average Bonchev–Trinajstić information content (AvgIpc) is 2.66. The fraction of sp³-hybridized carbons (Fsp3) is 0.240. The summed E-state index contributed by atoms with van der Waals surface area (Å²) in [5.41, 5.74) is 4.94. The molecule has 0 spiro atoms. The maximum absolute atomic E-state index is 12.5. The van der Waals surface area contributed by atoms with E-state index in [1.54, 1.807) is 0 Å². The van der Waals surface area contributed by atoms with Crippen LogP contribution in [0.4, 0.5) is 5.69 Å². The molecule has 0 fully saturated rings. The van der Waals surface area contributed by atoms with Crippen LogP contribution in [0.3, 0.4) is 0 Å². The van der Waals surface area contributed by atoms with Gasteiger partial charge in [0.1, 0.15) is 0 Å². The fourth-order valence-electron chi connectivity index (χ4n) is 3.50. The molecule has 0 aliphatic heterocycles. The lowest BCUT2D eigenvalue weighted by atomic mass is 9.80. The SMILES string of the molecule is Cc1ccccc1NC(=O)c1ccc(CC(C)(C)Cc2ccc(Cl)c(Cl)c2)cc1. The zero-order valence-corrected chi connectivity index (χ0v) is 18.4. The molecular formula is C25H25Cl2NO. The van der Waals surface area contributed by atoms with Crippen molar-refractivity contribution in [3.63, 3.8) is 0 Å². The Bertz CT molecular complexity index is 1010. The highest BCUT2D eigenvalue weighted by atomic mass is 35.5. The Morgan fingerprint density at radius 1 is 0.862 bits per heavy atom. The van der Waals surface area contributed by atoms with Crippen LogP contribution in [0, 0.1) is 12.3 Å². The molecular weight excluding hydrogens is 401 g/mol. The number of carbonyl (C=O) groups excluding carboxylic acids is 1. The summed E-state index contributed by atoms with van der Waals surface area (Å²) in [5.74, 6) is -0.0964. The lowest BCUT2D eigenvalue weighted by Gasteiger charge is -2.25. The molecule has 4 heteroatoms. The van der Waals surface area contributed by atoms with E-state index in [1.807, 2.05) is 73.7 Å². The highest BCUT2D eigenvalue weighted by Crippen LogP contribution is 2.30. The topological polar surface area (TPSA) is 29.1 Å². The van der Waals surface area contributed by atoms with Gasteiger partial charge in [-0.3, -0.25) is 4.79 Å². The second-order valence-electron chi connectivity index (χ2n) is 8.23. The first-order valence-corrected chi connectivity index (χ1v) is 10.4. The summed E-state index contributed by atoms with van der Waals surface area (Å²) in [6.07, 6.45) is 1.78. The minimum absolute atomic E-state index is 0.0437. The summed E-state index contributed by atoms with van der Waals surface area (Å²) < 4.78 is 0. The van der Waals surface area contributed by atoms with Gasteiger partial charge in [-0.2, -0.15) is 0 Å². The van der Waals surface area contributed by atoms with Gasteiger partial charge < -0.3 is 5.32 Å². The van der Waals surface area contributed by atoms with E-state index >= 15 is 0 Å². The van der Waals surface area contributed by atoms with Crippen molar-refractivity contribution in [1.82, 2.24) is 0 Å². The molecule has 0 atom stereocenters. The number of amides is 1. The molecule has 150 valence electrons. The minimum Gasteiger partial charge on any atom is -0.322 e. The van der Waals surface area contributed by atoms with Gasteiger partial charge in [0.2, 0.25) is 0 Å². The monoisotopic (exact) mass is 425 g/mol. The lowest BCUT2D eigenvalue weighted by Crippen LogP contribution is -2.18. The smallest absolute Gasteiger partial charge is 0.255 e. The van der Waals surface area contributed by atoms with Gasteiger partial charge in [0, 0.05) is 11.3 Å². The number of aryl methyl sites for hydroxylation is 1. The van der Waals surface area contributed by atoms with Gasteiger partial charge in [0.05, 0.1) is 10.0 Å². The van der Waals surface area contributed by atoms with Crippen LogP contribution >= 0.6 is 23.2 Å². The Kier molecular flexibility index (Phi) is 6.66. The fourth-order valence-corrected chi connectivity index (χ4v) is 3.82. The van der Waals surface area contributed by atoms with Gasteiger partial charge >= 0.3 is 0 Å². The van der Waals surface area contributed by atoms with E-state index < -0.39 is 0 Å². The molecule has 1 amide bonds. The molecule has 2 nitrogen and oxygen atoms in total.